The Labute approximate surface area is 208 Å². The zero-order valence-electron chi connectivity index (χ0n) is 20.2. The molecule has 1 rings (SSSR count). The number of hydrogen-bond acceptors (Lipinski definition) is 7. The summed E-state index contributed by atoms with van der Waals surface area (Å²) in [5.41, 5.74) is 16.7. The predicted molar refractivity (Wildman–Crippen MR) is 129 cm³/mol. The molecule has 13 nitrogen and oxygen atoms in total. The number of aliphatic carboxylic acids is 1. The SMILES string of the molecule is CC(C)C(N)C(=O)NC(CC(N)=O)C(=O)NC(Cc1ccccc1)C(=O)NC(CCC(N)=O)C(=O)O. The van der Waals surface area contributed by atoms with E-state index in [-0.39, 0.29) is 25.2 Å². The third-order valence-electron chi connectivity index (χ3n) is 5.27. The van der Waals surface area contributed by atoms with Gasteiger partial charge >= 0.3 is 5.97 Å². The number of carbonyl (C=O) groups excluding carboxylic acids is 5. The lowest BCUT2D eigenvalue weighted by atomic mass is 10.0. The van der Waals surface area contributed by atoms with Gasteiger partial charge in [-0.05, 0) is 17.9 Å². The van der Waals surface area contributed by atoms with E-state index in [1.54, 1.807) is 44.2 Å². The Morgan fingerprint density at radius 2 is 1.33 bits per heavy atom. The molecule has 0 aliphatic heterocycles. The van der Waals surface area contributed by atoms with Crippen molar-refractivity contribution in [1.29, 1.82) is 0 Å². The number of hydrogen-bond donors (Lipinski definition) is 7. The highest BCUT2D eigenvalue weighted by Gasteiger charge is 2.31. The number of carbonyl (C=O) groups is 6. The van der Waals surface area contributed by atoms with E-state index in [0.717, 1.165) is 0 Å². The van der Waals surface area contributed by atoms with Crippen molar-refractivity contribution in [2.45, 2.75) is 63.7 Å². The van der Waals surface area contributed by atoms with Gasteiger partial charge in [0.05, 0.1) is 12.5 Å². The van der Waals surface area contributed by atoms with Crippen LogP contribution in [0.4, 0.5) is 0 Å². The number of benzene rings is 1. The van der Waals surface area contributed by atoms with Crippen LogP contribution in [-0.4, -0.2) is 64.8 Å². The monoisotopic (exact) mass is 506 g/mol. The van der Waals surface area contributed by atoms with Crippen LogP contribution < -0.4 is 33.2 Å². The van der Waals surface area contributed by atoms with Crippen LogP contribution in [-0.2, 0) is 35.2 Å². The Balaban J connectivity index is 3.14. The van der Waals surface area contributed by atoms with Gasteiger partial charge in [0.25, 0.3) is 0 Å². The van der Waals surface area contributed by atoms with Gasteiger partial charge in [0.1, 0.15) is 18.1 Å². The minimum absolute atomic E-state index is 0.0384. The molecule has 0 aliphatic rings. The highest BCUT2D eigenvalue weighted by molar-refractivity contribution is 5.96. The first-order chi connectivity index (χ1) is 16.8. The van der Waals surface area contributed by atoms with E-state index in [4.69, 9.17) is 17.2 Å². The summed E-state index contributed by atoms with van der Waals surface area (Å²) in [4.78, 5) is 72.5. The molecule has 0 fully saturated rings. The molecular formula is C23H34N6O7. The topological polar surface area (TPSA) is 237 Å². The maximum absolute atomic E-state index is 13.0. The third kappa shape index (κ3) is 10.5. The van der Waals surface area contributed by atoms with Gasteiger partial charge in [0.15, 0.2) is 0 Å². The first kappa shape index (κ1) is 30.0. The Kier molecular flexibility index (Phi) is 12.0. The van der Waals surface area contributed by atoms with Crippen molar-refractivity contribution in [3.05, 3.63) is 35.9 Å². The van der Waals surface area contributed by atoms with Gasteiger partial charge in [0, 0.05) is 12.8 Å². The van der Waals surface area contributed by atoms with Gasteiger partial charge in [-0.1, -0.05) is 44.2 Å². The average Bonchev–Trinajstić information content (AvgIpc) is 2.79. The van der Waals surface area contributed by atoms with Gasteiger partial charge in [-0.2, -0.15) is 0 Å². The first-order valence-corrected chi connectivity index (χ1v) is 11.3. The summed E-state index contributed by atoms with van der Waals surface area (Å²) in [5, 5.41) is 16.5. The molecule has 0 saturated heterocycles. The lowest BCUT2D eigenvalue weighted by Crippen LogP contribution is -2.58. The molecule has 1 aromatic rings. The fourth-order valence-electron chi connectivity index (χ4n) is 3.13. The summed E-state index contributed by atoms with van der Waals surface area (Å²) < 4.78 is 0. The molecule has 4 atom stereocenters. The Morgan fingerprint density at radius 3 is 1.83 bits per heavy atom. The average molecular weight is 507 g/mol. The van der Waals surface area contributed by atoms with Crippen LogP contribution in [0.2, 0.25) is 0 Å². The molecule has 0 bridgehead atoms. The fourth-order valence-corrected chi connectivity index (χ4v) is 3.13. The molecule has 10 N–H and O–H groups in total. The second kappa shape index (κ2) is 14.4. The highest BCUT2D eigenvalue weighted by Crippen LogP contribution is 2.07. The molecule has 5 amide bonds. The zero-order valence-corrected chi connectivity index (χ0v) is 20.2. The molecule has 0 aliphatic carbocycles. The summed E-state index contributed by atoms with van der Waals surface area (Å²) >= 11 is 0. The number of carboxylic acid groups (broad SMARTS) is 1. The smallest absolute Gasteiger partial charge is 0.326 e. The van der Waals surface area contributed by atoms with E-state index in [9.17, 15) is 33.9 Å². The second-order valence-corrected chi connectivity index (χ2v) is 8.66. The lowest BCUT2D eigenvalue weighted by molar-refractivity contribution is -0.142. The van der Waals surface area contributed by atoms with Gasteiger partial charge in [-0.15, -0.1) is 0 Å². The maximum Gasteiger partial charge on any atom is 0.326 e. The summed E-state index contributed by atoms with van der Waals surface area (Å²) in [6.07, 6.45) is -1.13. The standard InChI is InChI=1S/C23H34N6O7/c1-12(2)19(26)22(34)29-16(11-18(25)31)21(33)28-15(10-13-6-4-3-5-7-13)20(32)27-14(23(35)36)8-9-17(24)30/h3-7,12,14-16,19H,8-11,26H2,1-2H3,(H2,24,30)(H2,25,31)(H,27,32)(H,28,33)(H,29,34)(H,35,36). The Hall–Kier alpha value is -4.00. The van der Waals surface area contributed by atoms with Crippen molar-refractivity contribution in [3.8, 4) is 0 Å². The van der Waals surface area contributed by atoms with E-state index in [1.807, 2.05) is 0 Å². The second-order valence-electron chi connectivity index (χ2n) is 8.66. The number of nitrogens with one attached hydrogen (secondary N) is 3. The molecule has 13 heteroatoms. The van der Waals surface area contributed by atoms with Gasteiger partial charge in [-0.3, -0.25) is 24.0 Å². The normalized spacial score (nSPS) is 14.1. The first-order valence-electron chi connectivity index (χ1n) is 11.3. The number of rotatable bonds is 15. The van der Waals surface area contributed by atoms with Crippen molar-refractivity contribution in [2.75, 3.05) is 0 Å². The molecule has 198 valence electrons. The van der Waals surface area contributed by atoms with Crippen LogP contribution in [0.5, 0.6) is 0 Å². The van der Waals surface area contributed by atoms with Crippen LogP contribution in [0.1, 0.15) is 38.7 Å². The third-order valence-corrected chi connectivity index (χ3v) is 5.27. The predicted octanol–water partition coefficient (Wildman–Crippen LogP) is -2.11. The van der Waals surface area contributed by atoms with Crippen molar-refractivity contribution in [3.63, 3.8) is 0 Å². The summed E-state index contributed by atoms with van der Waals surface area (Å²) in [7, 11) is 0. The van der Waals surface area contributed by atoms with Crippen molar-refractivity contribution in [2.24, 2.45) is 23.1 Å². The van der Waals surface area contributed by atoms with E-state index in [0.29, 0.717) is 5.56 Å². The van der Waals surface area contributed by atoms with E-state index < -0.39 is 66.1 Å². The quantitative estimate of drug-likeness (QED) is 0.139. The summed E-state index contributed by atoms with van der Waals surface area (Å²) in [6.45, 7) is 3.40. The molecular weight excluding hydrogens is 472 g/mol. The van der Waals surface area contributed by atoms with Crippen molar-refractivity contribution < 1.29 is 33.9 Å². The van der Waals surface area contributed by atoms with E-state index in [1.165, 1.54) is 0 Å². The van der Waals surface area contributed by atoms with E-state index >= 15 is 0 Å². The maximum atomic E-state index is 13.0. The van der Waals surface area contributed by atoms with Crippen molar-refractivity contribution >= 4 is 35.5 Å². The Morgan fingerprint density at radius 1 is 0.806 bits per heavy atom. The molecule has 0 spiro atoms. The minimum Gasteiger partial charge on any atom is -0.480 e. The van der Waals surface area contributed by atoms with Crippen LogP contribution in [0.25, 0.3) is 0 Å². The molecule has 1 aromatic carbocycles. The number of primary amides is 2. The molecule has 0 saturated carbocycles. The van der Waals surface area contributed by atoms with Crippen molar-refractivity contribution in [1.82, 2.24) is 16.0 Å². The Bertz CT molecular complexity index is 954. The zero-order chi connectivity index (χ0) is 27.4. The van der Waals surface area contributed by atoms with Gasteiger partial charge in [-0.25, -0.2) is 4.79 Å². The van der Waals surface area contributed by atoms with Crippen LogP contribution in [0, 0.1) is 5.92 Å². The highest BCUT2D eigenvalue weighted by atomic mass is 16.4. The lowest BCUT2D eigenvalue weighted by Gasteiger charge is -2.25. The van der Waals surface area contributed by atoms with Gasteiger partial charge < -0.3 is 38.3 Å². The molecule has 0 radical (unpaired) electrons. The number of carboxylic acids is 1. The molecule has 36 heavy (non-hydrogen) atoms. The largest absolute Gasteiger partial charge is 0.480 e. The molecule has 4 unspecified atom stereocenters. The number of amides is 5. The summed E-state index contributed by atoms with van der Waals surface area (Å²) in [5.74, 6) is -5.70. The van der Waals surface area contributed by atoms with E-state index in [2.05, 4.69) is 16.0 Å². The van der Waals surface area contributed by atoms with Crippen LogP contribution in [0.3, 0.4) is 0 Å². The summed E-state index contributed by atoms with van der Waals surface area (Å²) in [6, 6.07) is 3.45. The fraction of sp³-hybridized carbons (Fsp3) is 0.478. The minimum atomic E-state index is -1.44. The number of nitrogens with two attached hydrogens (primary N) is 3. The molecule has 0 heterocycles. The molecule has 0 aromatic heterocycles. The van der Waals surface area contributed by atoms with Gasteiger partial charge in [0.2, 0.25) is 29.5 Å². The van der Waals surface area contributed by atoms with Crippen LogP contribution in [0.15, 0.2) is 30.3 Å². The van der Waals surface area contributed by atoms with Crippen LogP contribution >= 0.6 is 0 Å².